The van der Waals surface area contributed by atoms with Gasteiger partial charge in [0.25, 0.3) is 0 Å². The Hall–Kier alpha value is -2.18. The molecule has 2 fully saturated rings. The van der Waals surface area contributed by atoms with Crippen LogP contribution in [0, 0.1) is 5.92 Å². The van der Waals surface area contributed by atoms with Crippen molar-refractivity contribution in [3.05, 3.63) is 30.5 Å². The summed E-state index contributed by atoms with van der Waals surface area (Å²) in [4.78, 5) is 16.1. The maximum Gasteiger partial charge on any atom is 0.228 e. The summed E-state index contributed by atoms with van der Waals surface area (Å²) in [6.45, 7) is 0.702. The molecule has 2 aromatic rings. The van der Waals surface area contributed by atoms with E-state index >= 15 is 0 Å². The number of aliphatic hydroxyl groups excluding tert-OH is 1. The lowest BCUT2D eigenvalue weighted by Gasteiger charge is -2.15. The molecule has 1 saturated carbocycles. The molecule has 6 heteroatoms. The molecular weight excluding hydrogens is 296 g/mol. The van der Waals surface area contributed by atoms with Crippen LogP contribution in [-0.4, -0.2) is 41.4 Å². The van der Waals surface area contributed by atoms with Crippen LogP contribution in [-0.2, 0) is 9.53 Å². The fraction of sp³-hybridized carbons (Fsp3) is 0.412. The molecule has 0 unspecified atom stereocenters. The van der Waals surface area contributed by atoms with Gasteiger partial charge in [-0.2, -0.15) is 0 Å². The first-order valence-corrected chi connectivity index (χ1v) is 7.82. The Morgan fingerprint density at radius 1 is 1.26 bits per heavy atom. The van der Waals surface area contributed by atoms with Gasteiger partial charge in [0.2, 0.25) is 5.91 Å². The van der Waals surface area contributed by atoms with Gasteiger partial charge in [-0.15, -0.1) is 0 Å². The summed E-state index contributed by atoms with van der Waals surface area (Å²) < 4.78 is 10.9. The molecule has 2 N–H and O–H groups in total. The number of nitrogens with one attached hydrogen (secondary N) is 1. The Morgan fingerprint density at radius 2 is 2.13 bits per heavy atom. The van der Waals surface area contributed by atoms with E-state index in [1.54, 1.807) is 6.20 Å². The SMILES string of the molecule is O=C(Nc1cc2ccc(O[C@H]3COC[C@@H]3O)cc2cn1)C1CC1. The highest BCUT2D eigenvalue weighted by Crippen LogP contribution is 2.30. The normalized spacial score (nSPS) is 23.9. The number of benzene rings is 1. The van der Waals surface area contributed by atoms with Gasteiger partial charge in [-0.3, -0.25) is 4.79 Å². The van der Waals surface area contributed by atoms with Crippen LogP contribution in [0.3, 0.4) is 0 Å². The Balaban J connectivity index is 1.51. The first kappa shape index (κ1) is 14.4. The zero-order valence-corrected chi connectivity index (χ0v) is 12.6. The molecule has 6 nitrogen and oxygen atoms in total. The van der Waals surface area contributed by atoms with Crippen LogP contribution >= 0.6 is 0 Å². The maximum absolute atomic E-state index is 11.8. The van der Waals surface area contributed by atoms with Crippen LogP contribution in [0.4, 0.5) is 5.82 Å². The number of aliphatic hydroxyl groups is 1. The molecule has 120 valence electrons. The Labute approximate surface area is 133 Å². The highest BCUT2D eigenvalue weighted by atomic mass is 16.6. The van der Waals surface area contributed by atoms with Gasteiger partial charge in [-0.25, -0.2) is 4.98 Å². The van der Waals surface area contributed by atoms with E-state index in [0.717, 1.165) is 23.6 Å². The van der Waals surface area contributed by atoms with E-state index in [9.17, 15) is 9.90 Å². The van der Waals surface area contributed by atoms with Crippen molar-refractivity contribution in [3.63, 3.8) is 0 Å². The van der Waals surface area contributed by atoms with Crippen molar-refractivity contribution < 1.29 is 19.4 Å². The number of amides is 1. The van der Waals surface area contributed by atoms with Crippen LogP contribution in [0.5, 0.6) is 5.75 Å². The van der Waals surface area contributed by atoms with Gasteiger partial charge < -0.3 is 19.9 Å². The Morgan fingerprint density at radius 3 is 2.87 bits per heavy atom. The molecule has 2 atom stereocenters. The smallest absolute Gasteiger partial charge is 0.228 e. The number of rotatable bonds is 4. The Kier molecular flexibility index (Phi) is 3.63. The van der Waals surface area contributed by atoms with Crippen molar-refractivity contribution in [2.45, 2.75) is 25.0 Å². The van der Waals surface area contributed by atoms with Crippen LogP contribution in [0.15, 0.2) is 30.5 Å². The van der Waals surface area contributed by atoms with Crippen LogP contribution in [0.25, 0.3) is 10.8 Å². The molecular formula is C17H18N2O4. The molecule has 0 spiro atoms. The predicted octanol–water partition coefficient (Wildman–Crippen LogP) is 1.72. The van der Waals surface area contributed by atoms with Gasteiger partial charge in [-0.1, -0.05) is 6.07 Å². The summed E-state index contributed by atoms with van der Waals surface area (Å²) in [5, 5.41) is 14.5. The number of anilines is 1. The summed E-state index contributed by atoms with van der Waals surface area (Å²) >= 11 is 0. The number of nitrogens with zero attached hydrogens (tertiary/aromatic N) is 1. The first-order chi connectivity index (χ1) is 11.2. The number of hydrogen-bond acceptors (Lipinski definition) is 5. The average molecular weight is 314 g/mol. The van der Waals surface area contributed by atoms with E-state index in [1.807, 2.05) is 24.3 Å². The molecule has 4 rings (SSSR count). The lowest BCUT2D eigenvalue weighted by atomic mass is 10.1. The number of aromatic nitrogens is 1. The second kappa shape index (κ2) is 5.79. The van der Waals surface area contributed by atoms with Gasteiger partial charge >= 0.3 is 0 Å². The second-order valence-corrected chi connectivity index (χ2v) is 6.10. The minimum absolute atomic E-state index is 0.0482. The number of pyridine rings is 1. The topological polar surface area (TPSA) is 80.7 Å². The van der Waals surface area contributed by atoms with Crippen molar-refractivity contribution >= 4 is 22.5 Å². The van der Waals surface area contributed by atoms with Crippen molar-refractivity contribution in [3.8, 4) is 5.75 Å². The third-order valence-electron chi connectivity index (χ3n) is 4.18. The van der Waals surface area contributed by atoms with Gasteiger partial charge in [0.05, 0.1) is 13.2 Å². The van der Waals surface area contributed by atoms with Gasteiger partial charge in [0, 0.05) is 17.5 Å². The largest absolute Gasteiger partial charge is 0.485 e. The van der Waals surface area contributed by atoms with E-state index < -0.39 is 6.10 Å². The van der Waals surface area contributed by atoms with Crippen LogP contribution < -0.4 is 10.1 Å². The number of hydrogen-bond donors (Lipinski definition) is 2. The van der Waals surface area contributed by atoms with Crippen molar-refractivity contribution in [2.24, 2.45) is 5.92 Å². The van der Waals surface area contributed by atoms with Crippen molar-refractivity contribution in [1.82, 2.24) is 4.98 Å². The molecule has 1 aliphatic carbocycles. The highest BCUT2D eigenvalue weighted by Gasteiger charge is 2.30. The summed E-state index contributed by atoms with van der Waals surface area (Å²) in [5.41, 5.74) is 0. The monoisotopic (exact) mass is 314 g/mol. The number of carbonyl (C=O) groups excluding carboxylic acids is 1. The maximum atomic E-state index is 11.8. The summed E-state index contributed by atoms with van der Waals surface area (Å²) in [5.74, 6) is 1.45. The lowest BCUT2D eigenvalue weighted by Crippen LogP contribution is -2.29. The third-order valence-corrected chi connectivity index (χ3v) is 4.18. The molecule has 23 heavy (non-hydrogen) atoms. The zero-order chi connectivity index (χ0) is 15.8. The molecule has 0 radical (unpaired) electrons. The fourth-order valence-corrected chi connectivity index (χ4v) is 2.65. The van der Waals surface area contributed by atoms with E-state index in [2.05, 4.69) is 10.3 Å². The minimum Gasteiger partial charge on any atom is -0.485 e. The minimum atomic E-state index is -0.594. The van der Waals surface area contributed by atoms with Gasteiger partial charge in [0.15, 0.2) is 0 Å². The van der Waals surface area contributed by atoms with E-state index in [4.69, 9.17) is 9.47 Å². The van der Waals surface area contributed by atoms with E-state index in [1.165, 1.54) is 0 Å². The number of ether oxygens (including phenoxy) is 2. The van der Waals surface area contributed by atoms with E-state index in [0.29, 0.717) is 24.8 Å². The quantitative estimate of drug-likeness (QED) is 0.898. The Bertz CT molecular complexity index is 744. The summed E-state index contributed by atoms with van der Waals surface area (Å²) in [7, 11) is 0. The molecule has 2 heterocycles. The standard InChI is InChI=1S/C17H18N2O4/c20-14-8-22-9-15(14)23-13-4-3-11-6-16(18-7-12(11)5-13)19-17(21)10-1-2-10/h3-7,10,14-15,20H,1-2,8-9H2,(H,18,19,21)/t14-,15-/m0/s1. The second-order valence-electron chi connectivity index (χ2n) is 6.10. The molecule has 1 aromatic carbocycles. The number of carbonyl (C=O) groups is 1. The number of fused-ring (bicyclic) bond motifs is 1. The van der Waals surface area contributed by atoms with Gasteiger partial charge in [-0.05, 0) is 36.4 Å². The van der Waals surface area contributed by atoms with Gasteiger partial charge in [0.1, 0.15) is 23.8 Å². The fourth-order valence-electron chi connectivity index (χ4n) is 2.65. The highest BCUT2D eigenvalue weighted by molar-refractivity contribution is 5.95. The summed E-state index contributed by atoms with van der Waals surface area (Å²) in [6, 6.07) is 7.49. The molecule has 1 amide bonds. The van der Waals surface area contributed by atoms with Crippen molar-refractivity contribution in [1.29, 1.82) is 0 Å². The molecule has 1 aromatic heterocycles. The van der Waals surface area contributed by atoms with Crippen molar-refractivity contribution in [2.75, 3.05) is 18.5 Å². The predicted molar refractivity (Wildman–Crippen MR) is 84.3 cm³/mol. The molecule has 2 aliphatic rings. The molecule has 0 bridgehead atoms. The lowest BCUT2D eigenvalue weighted by molar-refractivity contribution is -0.117. The molecule has 1 aliphatic heterocycles. The van der Waals surface area contributed by atoms with E-state index in [-0.39, 0.29) is 17.9 Å². The summed E-state index contributed by atoms with van der Waals surface area (Å²) in [6.07, 6.45) is 2.72. The average Bonchev–Trinajstić information content (AvgIpc) is 3.32. The third kappa shape index (κ3) is 3.13. The molecule has 1 saturated heterocycles. The first-order valence-electron chi connectivity index (χ1n) is 7.82. The zero-order valence-electron chi connectivity index (χ0n) is 12.6. The van der Waals surface area contributed by atoms with Crippen LogP contribution in [0.1, 0.15) is 12.8 Å². The van der Waals surface area contributed by atoms with Crippen LogP contribution in [0.2, 0.25) is 0 Å².